The average Bonchev–Trinajstić information content (AvgIpc) is 2.92. The van der Waals surface area contributed by atoms with Crippen molar-refractivity contribution < 1.29 is 9.59 Å². The third-order valence-electron chi connectivity index (χ3n) is 3.12. The molecule has 5 nitrogen and oxygen atoms in total. The fourth-order valence-electron chi connectivity index (χ4n) is 2.12. The zero-order valence-electron chi connectivity index (χ0n) is 11.4. The minimum Gasteiger partial charge on any atom is -0.351 e. The predicted molar refractivity (Wildman–Crippen MR) is 82.6 cm³/mol. The molecule has 2 amide bonds. The summed E-state index contributed by atoms with van der Waals surface area (Å²) in [5, 5.41) is 8.06. The van der Waals surface area contributed by atoms with Crippen molar-refractivity contribution in [3.05, 3.63) is 22.4 Å². The molecule has 2 N–H and O–H groups in total. The van der Waals surface area contributed by atoms with Crippen molar-refractivity contribution in [2.75, 3.05) is 26.7 Å². The Morgan fingerprint density at radius 1 is 1.55 bits per heavy atom. The molecule has 1 fully saturated rings. The summed E-state index contributed by atoms with van der Waals surface area (Å²) in [5.41, 5.74) is 0. The number of hydrogen-bond donors (Lipinski definition) is 2. The molecule has 0 bridgehead atoms. The molecule has 0 radical (unpaired) electrons. The number of amides is 2. The van der Waals surface area contributed by atoms with Gasteiger partial charge in [-0.1, -0.05) is 6.07 Å². The SMILES string of the molecule is CN(CC(=O)N[C@H]1CCCNC1)C(=O)c1cccs1.Cl. The highest BCUT2D eigenvalue weighted by atomic mass is 35.5. The predicted octanol–water partition coefficient (Wildman–Crippen LogP) is 1.11. The lowest BCUT2D eigenvalue weighted by Crippen LogP contribution is -2.48. The van der Waals surface area contributed by atoms with E-state index in [9.17, 15) is 9.59 Å². The molecule has 1 aromatic rings. The largest absolute Gasteiger partial charge is 0.351 e. The molecule has 2 heterocycles. The Morgan fingerprint density at radius 3 is 2.95 bits per heavy atom. The number of likely N-dealkylation sites (N-methyl/N-ethyl adjacent to an activating group) is 1. The number of carbonyl (C=O) groups is 2. The quantitative estimate of drug-likeness (QED) is 0.874. The van der Waals surface area contributed by atoms with E-state index in [0.717, 1.165) is 25.9 Å². The van der Waals surface area contributed by atoms with Gasteiger partial charge < -0.3 is 15.5 Å². The van der Waals surface area contributed by atoms with Gasteiger partial charge in [-0.05, 0) is 30.8 Å². The van der Waals surface area contributed by atoms with Crippen molar-refractivity contribution in [1.29, 1.82) is 0 Å². The van der Waals surface area contributed by atoms with Crippen LogP contribution in [0.4, 0.5) is 0 Å². The Morgan fingerprint density at radius 2 is 2.35 bits per heavy atom. The number of nitrogens with zero attached hydrogens (tertiary/aromatic N) is 1. The van der Waals surface area contributed by atoms with Crippen LogP contribution in [0, 0.1) is 0 Å². The lowest BCUT2D eigenvalue weighted by Gasteiger charge is -2.25. The van der Waals surface area contributed by atoms with Crippen LogP contribution in [-0.2, 0) is 4.79 Å². The van der Waals surface area contributed by atoms with Gasteiger partial charge in [-0.15, -0.1) is 23.7 Å². The van der Waals surface area contributed by atoms with Crippen LogP contribution in [0.2, 0.25) is 0 Å². The summed E-state index contributed by atoms with van der Waals surface area (Å²) in [4.78, 5) is 26.0. The van der Waals surface area contributed by atoms with Crippen LogP contribution in [0.25, 0.3) is 0 Å². The number of carbonyl (C=O) groups excluding carboxylic acids is 2. The molecule has 1 aliphatic heterocycles. The first-order valence-corrected chi connectivity index (χ1v) is 7.34. The summed E-state index contributed by atoms with van der Waals surface area (Å²) in [6.45, 7) is 1.94. The van der Waals surface area contributed by atoms with E-state index >= 15 is 0 Å². The standard InChI is InChI=1S/C13H19N3O2S.ClH/c1-16(13(18)11-5-3-7-19-11)9-12(17)15-10-4-2-6-14-8-10;/h3,5,7,10,14H,2,4,6,8-9H2,1H3,(H,15,17);1H/t10-;/m0./s1. The van der Waals surface area contributed by atoms with Crippen molar-refractivity contribution in [3.63, 3.8) is 0 Å². The molecule has 1 saturated heterocycles. The monoisotopic (exact) mass is 317 g/mol. The minimum absolute atomic E-state index is 0. The number of nitrogens with one attached hydrogen (secondary N) is 2. The Labute approximate surface area is 129 Å². The smallest absolute Gasteiger partial charge is 0.264 e. The van der Waals surface area contributed by atoms with Gasteiger partial charge in [0.05, 0.1) is 11.4 Å². The van der Waals surface area contributed by atoms with Crippen LogP contribution in [0.3, 0.4) is 0 Å². The van der Waals surface area contributed by atoms with Gasteiger partial charge in [-0.3, -0.25) is 9.59 Å². The van der Waals surface area contributed by atoms with Crippen LogP contribution in [0.5, 0.6) is 0 Å². The molecular weight excluding hydrogens is 298 g/mol. The van der Waals surface area contributed by atoms with Crippen molar-refractivity contribution in [3.8, 4) is 0 Å². The third-order valence-corrected chi connectivity index (χ3v) is 3.98. The zero-order valence-corrected chi connectivity index (χ0v) is 13.1. The Balaban J connectivity index is 0.00000200. The van der Waals surface area contributed by atoms with E-state index < -0.39 is 0 Å². The van der Waals surface area contributed by atoms with E-state index in [-0.39, 0.29) is 36.8 Å². The molecule has 1 aromatic heterocycles. The van der Waals surface area contributed by atoms with Crippen LogP contribution in [-0.4, -0.2) is 49.4 Å². The summed E-state index contributed by atoms with van der Waals surface area (Å²) in [6.07, 6.45) is 2.08. The number of hydrogen-bond acceptors (Lipinski definition) is 4. The highest BCUT2D eigenvalue weighted by Gasteiger charge is 2.19. The van der Waals surface area contributed by atoms with Crippen LogP contribution in [0.15, 0.2) is 17.5 Å². The van der Waals surface area contributed by atoms with Gasteiger partial charge in [0.2, 0.25) is 5.91 Å². The maximum absolute atomic E-state index is 12.0. The summed E-state index contributed by atoms with van der Waals surface area (Å²) >= 11 is 1.39. The average molecular weight is 318 g/mol. The van der Waals surface area contributed by atoms with Gasteiger partial charge in [0.1, 0.15) is 0 Å². The minimum atomic E-state index is -0.105. The van der Waals surface area contributed by atoms with Crippen molar-refractivity contribution in [2.45, 2.75) is 18.9 Å². The molecule has 0 aliphatic carbocycles. The van der Waals surface area contributed by atoms with Crippen molar-refractivity contribution in [2.24, 2.45) is 0 Å². The number of thiophene rings is 1. The Bertz CT molecular complexity index is 433. The lowest BCUT2D eigenvalue weighted by molar-refractivity contribution is -0.122. The molecule has 0 spiro atoms. The fraction of sp³-hybridized carbons (Fsp3) is 0.538. The topological polar surface area (TPSA) is 61.4 Å². The maximum Gasteiger partial charge on any atom is 0.264 e. The van der Waals surface area contributed by atoms with Crippen LogP contribution < -0.4 is 10.6 Å². The normalized spacial score (nSPS) is 17.9. The highest BCUT2D eigenvalue weighted by molar-refractivity contribution is 7.12. The third kappa shape index (κ3) is 4.77. The van der Waals surface area contributed by atoms with E-state index in [0.29, 0.717) is 4.88 Å². The van der Waals surface area contributed by atoms with E-state index in [1.165, 1.54) is 16.2 Å². The summed E-state index contributed by atoms with van der Waals surface area (Å²) < 4.78 is 0. The first kappa shape index (κ1) is 16.9. The summed E-state index contributed by atoms with van der Waals surface area (Å²) in [6, 6.07) is 3.79. The van der Waals surface area contributed by atoms with Gasteiger partial charge >= 0.3 is 0 Å². The van der Waals surface area contributed by atoms with Crippen molar-refractivity contribution in [1.82, 2.24) is 15.5 Å². The molecular formula is C13H20ClN3O2S. The van der Waals surface area contributed by atoms with Crippen LogP contribution >= 0.6 is 23.7 Å². The second-order valence-corrected chi connectivity index (χ2v) is 5.70. The molecule has 1 aliphatic rings. The maximum atomic E-state index is 12.0. The Hall–Kier alpha value is -1.11. The Kier molecular flexibility index (Phi) is 6.98. The first-order valence-electron chi connectivity index (χ1n) is 6.46. The summed E-state index contributed by atoms with van der Waals surface area (Å²) in [7, 11) is 1.65. The van der Waals surface area contributed by atoms with Gasteiger partial charge in [-0.25, -0.2) is 0 Å². The molecule has 20 heavy (non-hydrogen) atoms. The zero-order chi connectivity index (χ0) is 13.7. The van der Waals surface area contributed by atoms with Gasteiger partial charge in [0.25, 0.3) is 5.91 Å². The lowest BCUT2D eigenvalue weighted by atomic mass is 10.1. The first-order chi connectivity index (χ1) is 9.16. The molecule has 1 atom stereocenters. The second-order valence-electron chi connectivity index (χ2n) is 4.75. The number of halogens is 1. The number of rotatable bonds is 4. The molecule has 0 aromatic carbocycles. The van der Waals surface area contributed by atoms with Crippen molar-refractivity contribution >= 4 is 35.6 Å². The highest BCUT2D eigenvalue weighted by Crippen LogP contribution is 2.10. The molecule has 7 heteroatoms. The van der Waals surface area contributed by atoms with E-state index in [2.05, 4.69) is 10.6 Å². The second kappa shape index (κ2) is 8.24. The fourth-order valence-corrected chi connectivity index (χ4v) is 2.84. The van der Waals surface area contributed by atoms with Gasteiger partial charge in [-0.2, -0.15) is 0 Å². The molecule has 0 unspecified atom stereocenters. The van der Waals surface area contributed by atoms with Crippen LogP contribution in [0.1, 0.15) is 22.5 Å². The molecule has 112 valence electrons. The molecule has 2 rings (SSSR count). The van der Waals surface area contributed by atoms with Gasteiger partial charge in [0, 0.05) is 19.6 Å². The van der Waals surface area contributed by atoms with E-state index in [1.807, 2.05) is 11.4 Å². The number of piperidine rings is 1. The molecule has 0 saturated carbocycles. The van der Waals surface area contributed by atoms with E-state index in [4.69, 9.17) is 0 Å². The van der Waals surface area contributed by atoms with E-state index in [1.54, 1.807) is 13.1 Å². The summed E-state index contributed by atoms with van der Waals surface area (Å²) in [5.74, 6) is -0.201. The van der Waals surface area contributed by atoms with Gasteiger partial charge in [0.15, 0.2) is 0 Å².